The lowest BCUT2D eigenvalue weighted by atomic mass is 10.1. The van der Waals surface area contributed by atoms with E-state index >= 15 is 0 Å². The van der Waals surface area contributed by atoms with Crippen molar-refractivity contribution in [3.05, 3.63) is 60.8 Å². The molecule has 0 spiro atoms. The van der Waals surface area contributed by atoms with E-state index in [9.17, 15) is 10.1 Å². The van der Waals surface area contributed by atoms with Gasteiger partial charge in [-0.25, -0.2) is 0 Å². The summed E-state index contributed by atoms with van der Waals surface area (Å²) in [5.74, 6) is 0. The highest BCUT2D eigenvalue weighted by Crippen LogP contribution is 2.22. The van der Waals surface area contributed by atoms with Gasteiger partial charge in [0, 0.05) is 34.5 Å². The van der Waals surface area contributed by atoms with Gasteiger partial charge in [-0.2, -0.15) is 0 Å². The van der Waals surface area contributed by atoms with E-state index in [2.05, 4.69) is 25.2 Å². The Morgan fingerprint density at radius 2 is 2.00 bits per heavy atom. The van der Waals surface area contributed by atoms with Crippen molar-refractivity contribution in [3.63, 3.8) is 0 Å². The monoisotopic (exact) mass is 290 g/mol. The highest BCUT2D eigenvalue weighted by Gasteiger charge is 2.12. The summed E-state index contributed by atoms with van der Waals surface area (Å²) in [5.41, 5.74) is 3.22. The zero-order valence-electron chi connectivity index (χ0n) is 11.9. The predicted molar refractivity (Wildman–Crippen MR) is 82.2 cm³/mol. The zero-order valence-corrected chi connectivity index (χ0v) is 12.7. The summed E-state index contributed by atoms with van der Waals surface area (Å²) in [7, 11) is 0. The Hall–Kier alpha value is -1.72. The number of thiophene rings is 1. The third-order valence-electron chi connectivity index (χ3n) is 3.45. The lowest BCUT2D eigenvalue weighted by Gasteiger charge is -2.07. The molecule has 0 aliphatic carbocycles. The molecule has 0 aliphatic rings. The van der Waals surface area contributed by atoms with Gasteiger partial charge in [-0.3, -0.25) is 10.1 Å². The highest BCUT2D eigenvalue weighted by atomic mass is 32.1. The molecule has 20 heavy (non-hydrogen) atoms. The fraction of sp³-hybridized carbons (Fsp3) is 0.333. The molecule has 1 N–H and O–H groups in total. The van der Waals surface area contributed by atoms with Crippen LogP contribution in [0.3, 0.4) is 0 Å². The molecule has 0 radical (unpaired) electrons. The maximum atomic E-state index is 10.9. The molecule has 0 saturated heterocycles. The number of nitro groups is 1. The van der Waals surface area contributed by atoms with E-state index < -0.39 is 0 Å². The number of hydrogen-bond donors (Lipinski definition) is 1. The van der Waals surface area contributed by atoms with E-state index in [0.717, 1.165) is 17.7 Å². The molecule has 5 heteroatoms. The van der Waals surface area contributed by atoms with Gasteiger partial charge in [0.2, 0.25) is 0 Å². The Morgan fingerprint density at radius 3 is 2.60 bits per heavy atom. The molecule has 106 valence electrons. The number of nitrogens with zero attached hydrogens (tertiary/aromatic N) is 1. The maximum absolute atomic E-state index is 10.9. The number of rotatable bonds is 5. The van der Waals surface area contributed by atoms with E-state index in [1.165, 1.54) is 15.3 Å². The summed E-state index contributed by atoms with van der Waals surface area (Å²) < 4.78 is 0. The summed E-state index contributed by atoms with van der Waals surface area (Å²) in [5, 5.41) is 14.2. The lowest BCUT2D eigenvalue weighted by molar-refractivity contribution is -0.385. The molecule has 1 heterocycles. The molecule has 0 bridgehead atoms. The molecule has 0 aliphatic heterocycles. The van der Waals surface area contributed by atoms with Gasteiger partial charge in [-0.15, -0.1) is 11.3 Å². The molecule has 0 unspecified atom stereocenters. The molecule has 0 saturated carbocycles. The van der Waals surface area contributed by atoms with Crippen LogP contribution in [0.15, 0.2) is 24.3 Å². The molecular formula is C15H18N2O2S. The van der Waals surface area contributed by atoms with Gasteiger partial charge >= 0.3 is 0 Å². The van der Waals surface area contributed by atoms with E-state index in [1.54, 1.807) is 30.4 Å². The van der Waals surface area contributed by atoms with Crippen LogP contribution in [0.2, 0.25) is 0 Å². The first-order valence-electron chi connectivity index (χ1n) is 6.48. The van der Waals surface area contributed by atoms with Crippen molar-refractivity contribution in [2.24, 2.45) is 0 Å². The first kappa shape index (κ1) is 14.7. The Bertz CT molecular complexity index is 615. The third-order valence-corrected chi connectivity index (χ3v) is 4.60. The van der Waals surface area contributed by atoms with Crippen molar-refractivity contribution in [2.45, 2.75) is 33.9 Å². The summed E-state index contributed by atoms with van der Waals surface area (Å²) in [6.45, 7) is 7.47. The fourth-order valence-electron chi connectivity index (χ4n) is 2.12. The number of nitrogens with one attached hydrogen (secondary N) is 1. The second-order valence-electron chi connectivity index (χ2n) is 4.87. The van der Waals surface area contributed by atoms with Crippen molar-refractivity contribution in [1.82, 2.24) is 5.32 Å². The molecule has 2 rings (SSSR count). The van der Waals surface area contributed by atoms with E-state index in [-0.39, 0.29) is 10.6 Å². The minimum absolute atomic E-state index is 0.187. The van der Waals surface area contributed by atoms with E-state index in [1.807, 2.05) is 6.07 Å². The van der Waals surface area contributed by atoms with Crippen LogP contribution < -0.4 is 5.32 Å². The number of benzene rings is 1. The summed E-state index contributed by atoms with van der Waals surface area (Å²) in [4.78, 5) is 13.2. The Labute approximate surface area is 122 Å². The van der Waals surface area contributed by atoms with Gasteiger partial charge in [-0.1, -0.05) is 12.1 Å². The molecule has 4 nitrogen and oxygen atoms in total. The summed E-state index contributed by atoms with van der Waals surface area (Å²) in [6, 6.07) is 7.40. The first-order chi connectivity index (χ1) is 9.49. The van der Waals surface area contributed by atoms with Crippen molar-refractivity contribution in [3.8, 4) is 0 Å². The minimum Gasteiger partial charge on any atom is -0.308 e. The third kappa shape index (κ3) is 3.23. The van der Waals surface area contributed by atoms with E-state index in [4.69, 9.17) is 0 Å². The second kappa shape index (κ2) is 6.15. The van der Waals surface area contributed by atoms with Crippen molar-refractivity contribution in [1.29, 1.82) is 0 Å². The summed E-state index contributed by atoms with van der Waals surface area (Å²) >= 11 is 1.79. The maximum Gasteiger partial charge on any atom is 0.272 e. The zero-order chi connectivity index (χ0) is 14.7. The largest absolute Gasteiger partial charge is 0.308 e. The molecule has 2 aromatic rings. The van der Waals surface area contributed by atoms with Gasteiger partial charge in [0.05, 0.1) is 4.92 Å². The van der Waals surface area contributed by atoms with Crippen molar-refractivity contribution >= 4 is 17.0 Å². The van der Waals surface area contributed by atoms with Crippen LogP contribution in [-0.2, 0) is 13.1 Å². The standard InChI is InChI=1S/C15H18N2O2S/c1-10-7-14(20-12(10)3)9-16-8-13-5-4-6-15(11(13)2)17(18)19/h4-7,16H,8-9H2,1-3H3. The second-order valence-corrected chi connectivity index (χ2v) is 6.21. The van der Waals surface area contributed by atoms with E-state index in [0.29, 0.717) is 6.54 Å². The van der Waals surface area contributed by atoms with Crippen LogP contribution >= 0.6 is 11.3 Å². The quantitative estimate of drug-likeness (QED) is 0.671. The van der Waals surface area contributed by atoms with Crippen LogP contribution in [-0.4, -0.2) is 4.92 Å². The summed E-state index contributed by atoms with van der Waals surface area (Å²) in [6.07, 6.45) is 0. The number of hydrogen-bond acceptors (Lipinski definition) is 4. The Morgan fingerprint density at radius 1 is 1.25 bits per heavy atom. The van der Waals surface area contributed by atoms with Gasteiger partial charge in [0.15, 0.2) is 0 Å². The minimum atomic E-state index is -0.329. The fourth-order valence-corrected chi connectivity index (χ4v) is 3.14. The van der Waals surface area contributed by atoms with Crippen LogP contribution in [0.25, 0.3) is 0 Å². The topological polar surface area (TPSA) is 55.2 Å². The molecule has 1 aromatic heterocycles. The van der Waals surface area contributed by atoms with Gasteiger partial charge in [-0.05, 0) is 38.0 Å². The smallest absolute Gasteiger partial charge is 0.272 e. The predicted octanol–water partition coefficient (Wildman–Crippen LogP) is 3.87. The number of aryl methyl sites for hydroxylation is 2. The van der Waals surface area contributed by atoms with Crippen LogP contribution in [0, 0.1) is 30.9 Å². The molecule has 0 amide bonds. The average Bonchev–Trinajstić information content (AvgIpc) is 2.70. The molecule has 1 aromatic carbocycles. The molecular weight excluding hydrogens is 272 g/mol. The molecule has 0 fully saturated rings. The Balaban J connectivity index is 2.01. The van der Waals surface area contributed by atoms with Crippen LogP contribution in [0.4, 0.5) is 5.69 Å². The Kier molecular flexibility index (Phi) is 4.52. The van der Waals surface area contributed by atoms with Gasteiger partial charge < -0.3 is 5.32 Å². The SMILES string of the molecule is Cc1cc(CNCc2cccc([N+](=O)[O-])c2C)sc1C. The van der Waals surface area contributed by atoms with Gasteiger partial charge in [0.25, 0.3) is 5.69 Å². The lowest BCUT2D eigenvalue weighted by Crippen LogP contribution is -2.13. The van der Waals surface area contributed by atoms with Crippen LogP contribution in [0.5, 0.6) is 0 Å². The molecule has 0 atom stereocenters. The van der Waals surface area contributed by atoms with Crippen molar-refractivity contribution < 1.29 is 4.92 Å². The van der Waals surface area contributed by atoms with Crippen molar-refractivity contribution in [2.75, 3.05) is 0 Å². The van der Waals surface area contributed by atoms with Crippen LogP contribution in [0.1, 0.15) is 26.4 Å². The number of nitro benzene ring substituents is 1. The van der Waals surface area contributed by atoms with Gasteiger partial charge in [0.1, 0.15) is 0 Å². The average molecular weight is 290 g/mol. The highest BCUT2D eigenvalue weighted by molar-refractivity contribution is 7.12. The first-order valence-corrected chi connectivity index (χ1v) is 7.30. The normalized spacial score (nSPS) is 10.8.